The topological polar surface area (TPSA) is 95.9 Å². The number of hydrogen-bond acceptors (Lipinski definition) is 4. The largest absolute Gasteiger partial charge is 0.481 e. The highest BCUT2D eigenvalue weighted by atomic mass is 35.5. The molecule has 0 radical (unpaired) electrons. The van der Waals surface area contributed by atoms with E-state index < -0.39 is 41.5 Å². The molecule has 2 aromatic carbocycles. The van der Waals surface area contributed by atoms with E-state index in [1.54, 1.807) is 51.1 Å². The lowest BCUT2D eigenvalue weighted by Crippen LogP contribution is -2.46. The second kappa shape index (κ2) is 11.7. The van der Waals surface area contributed by atoms with Gasteiger partial charge in [0.1, 0.15) is 11.4 Å². The number of rotatable bonds is 10. The van der Waals surface area contributed by atoms with Crippen LogP contribution in [-0.2, 0) is 16.0 Å². The van der Waals surface area contributed by atoms with E-state index in [4.69, 9.17) is 16.3 Å². The van der Waals surface area contributed by atoms with Crippen LogP contribution in [0.2, 0.25) is 5.02 Å². The smallest absolute Gasteiger partial charge is 0.407 e. The van der Waals surface area contributed by atoms with Gasteiger partial charge in [0.2, 0.25) is 0 Å². The second-order valence-electron chi connectivity index (χ2n) is 9.57. The second-order valence-corrected chi connectivity index (χ2v) is 10.0. The SMILES string of the molecule is CCCC(CO)(CC(Cc1ccc(-c2cc(Cl)ccc2F)cc1)NC(=O)OC(C)(C)C)C(=O)O. The molecular weight excluding hydrogens is 461 g/mol. The molecule has 0 aliphatic heterocycles. The molecule has 3 N–H and O–H groups in total. The molecule has 2 rings (SSSR count). The molecule has 186 valence electrons. The standard InChI is InChI=1S/C26H33ClFNO5/c1-5-12-26(16-30,23(31)32)15-20(29-24(33)34-25(2,3)4)13-17-6-8-18(9-7-17)21-14-19(27)10-11-22(21)28/h6-11,14,20,30H,5,12-13,15-16H2,1-4H3,(H,29,33)(H,31,32). The molecule has 0 fully saturated rings. The number of aliphatic hydroxyl groups is 1. The Bertz CT molecular complexity index is 990. The minimum atomic E-state index is -1.39. The number of carbonyl (C=O) groups excluding carboxylic acids is 1. The molecule has 0 saturated carbocycles. The van der Waals surface area contributed by atoms with E-state index in [0.717, 1.165) is 5.56 Å². The number of carbonyl (C=O) groups is 2. The summed E-state index contributed by atoms with van der Waals surface area (Å²) >= 11 is 6.00. The number of ether oxygens (including phenoxy) is 1. The number of aliphatic carboxylic acids is 1. The molecule has 2 atom stereocenters. The molecule has 0 bridgehead atoms. The van der Waals surface area contributed by atoms with Gasteiger partial charge < -0.3 is 20.3 Å². The van der Waals surface area contributed by atoms with Gasteiger partial charge in [-0.15, -0.1) is 0 Å². The summed E-state index contributed by atoms with van der Waals surface area (Å²) in [6.07, 6.45) is 0.487. The fourth-order valence-corrected chi connectivity index (χ4v) is 4.10. The van der Waals surface area contributed by atoms with Crippen LogP contribution in [0.15, 0.2) is 42.5 Å². The van der Waals surface area contributed by atoms with Crippen molar-refractivity contribution in [3.05, 3.63) is 58.9 Å². The highest BCUT2D eigenvalue weighted by Crippen LogP contribution is 2.32. The average Bonchev–Trinajstić information content (AvgIpc) is 2.74. The van der Waals surface area contributed by atoms with Crippen molar-refractivity contribution in [2.75, 3.05) is 6.61 Å². The van der Waals surface area contributed by atoms with E-state index in [9.17, 15) is 24.2 Å². The number of carboxylic acids is 1. The van der Waals surface area contributed by atoms with Crippen LogP contribution in [0.4, 0.5) is 9.18 Å². The van der Waals surface area contributed by atoms with Crippen LogP contribution >= 0.6 is 11.6 Å². The first kappa shape index (κ1) is 27.6. The number of alkyl carbamates (subject to hydrolysis) is 1. The summed E-state index contributed by atoms with van der Waals surface area (Å²) in [4.78, 5) is 24.5. The normalized spacial score (nSPS) is 14.2. The molecule has 1 amide bonds. The summed E-state index contributed by atoms with van der Waals surface area (Å²) in [5.74, 6) is -1.50. The number of carboxylic acid groups (broad SMARTS) is 1. The van der Waals surface area contributed by atoms with Crippen molar-refractivity contribution in [1.29, 1.82) is 0 Å². The van der Waals surface area contributed by atoms with E-state index in [1.807, 2.05) is 6.92 Å². The maximum Gasteiger partial charge on any atom is 0.407 e. The first-order valence-electron chi connectivity index (χ1n) is 11.3. The molecule has 0 saturated heterocycles. The zero-order chi connectivity index (χ0) is 25.5. The molecular formula is C26H33ClFNO5. The lowest BCUT2D eigenvalue weighted by molar-refractivity contribution is -0.153. The third-order valence-electron chi connectivity index (χ3n) is 5.52. The van der Waals surface area contributed by atoms with Gasteiger partial charge in [0, 0.05) is 16.6 Å². The van der Waals surface area contributed by atoms with Crippen LogP contribution < -0.4 is 5.32 Å². The Balaban J connectivity index is 2.30. The van der Waals surface area contributed by atoms with Crippen molar-refractivity contribution < 1.29 is 28.9 Å². The van der Waals surface area contributed by atoms with Gasteiger partial charge in [-0.1, -0.05) is 49.2 Å². The van der Waals surface area contributed by atoms with E-state index in [1.165, 1.54) is 12.1 Å². The number of amides is 1. The lowest BCUT2D eigenvalue weighted by atomic mass is 9.77. The van der Waals surface area contributed by atoms with Gasteiger partial charge in [-0.2, -0.15) is 0 Å². The molecule has 0 spiro atoms. The number of benzene rings is 2. The monoisotopic (exact) mass is 493 g/mol. The summed E-state index contributed by atoms with van der Waals surface area (Å²) < 4.78 is 19.6. The van der Waals surface area contributed by atoms with Gasteiger partial charge in [0.05, 0.1) is 12.0 Å². The Hall–Kier alpha value is -2.64. The molecule has 0 aliphatic carbocycles. The highest BCUT2D eigenvalue weighted by Gasteiger charge is 2.40. The van der Waals surface area contributed by atoms with Crippen LogP contribution in [0.1, 0.15) is 52.5 Å². The predicted molar refractivity (Wildman–Crippen MR) is 130 cm³/mol. The number of nitrogens with one attached hydrogen (secondary N) is 1. The maximum atomic E-state index is 14.2. The number of hydrogen-bond donors (Lipinski definition) is 3. The third kappa shape index (κ3) is 7.71. The summed E-state index contributed by atoms with van der Waals surface area (Å²) in [6, 6.07) is 10.8. The van der Waals surface area contributed by atoms with E-state index in [-0.39, 0.29) is 12.8 Å². The first-order valence-corrected chi connectivity index (χ1v) is 11.6. The predicted octanol–water partition coefficient (Wildman–Crippen LogP) is 5.84. The van der Waals surface area contributed by atoms with E-state index in [2.05, 4.69) is 5.32 Å². The van der Waals surface area contributed by atoms with E-state index >= 15 is 0 Å². The van der Waals surface area contributed by atoms with Gasteiger partial charge in [0.25, 0.3) is 0 Å². The fraction of sp³-hybridized carbons (Fsp3) is 0.462. The van der Waals surface area contributed by atoms with Gasteiger partial charge in [0.15, 0.2) is 0 Å². The highest BCUT2D eigenvalue weighted by molar-refractivity contribution is 6.30. The maximum absolute atomic E-state index is 14.2. The van der Waals surface area contributed by atoms with Crippen molar-refractivity contribution in [3.8, 4) is 11.1 Å². The van der Waals surface area contributed by atoms with Gasteiger partial charge in [-0.05, 0) is 69.4 Å². The first-order chi connectivity index (χ1) is 15.9. The van der Waals surface area contributed by atoms with Crippen LogP contribution in [-0.4, -0.2) is 40.5 Å². The minimum absolute atomic E-state index is 0.0244. The lowest BCUT2D eigenvalue weighted by Gasteiger charge is -2.32. The molecule has 2 aromatic rings. The van der Waals surface area contributed by atoms with Gasteiger partial charge in [-0.25, -0.2) is 9.18 Å². The molecule has 0 aliphatic rings. The molecule has 34 heavy (non-hydrogen) atoms. The van der Waals surface area contributed by atoms with Crippen LogP contribution in [0.5, 0.6) is 0 Å². The van der Waals surface area contributed by atoms with Crippen molar-refractivity contribution >= 4 is 23.7 Å². The Morgan fingerprint density at radius 2 is 1.79 bits per heavy atom. The zero-order valence-electron chi connectivity index (χ0n) is 20.0. The fourth-order valence-electron chi connectivity index (χ4n) is 3.93. The molecule has 2 unspecified atom stereocenters. The zero-order valence-corrected chi connectivity index (χ0v) is 20.8. The molecule has 6 nitrogen and oxygen atoms in total. The van der Waals surface area contributed by atoms with Crippen LogP contribution in [0.25, 0.3) is 11.1 Å². The minimum Gasteiger partial charge on any atom is -0.481 e. The van der Waals surface area contributed by atoms with Gasteiger partial charge >= 0.3 is 12.1 Å². The van der Waals surface area contributed by atoms with Crippen molar-refractivity contribution in [2.45, 2.75) is 65.0 Å². The average molecular weight is 494 g/mol. The summed E-state index contributed by atoms with van der Waals surface area (Å²) in [6.45, 7) is 6.51. The summed E-state index contributed by atoms with van der Waals surface area (Å²) in [5, 5.41) is 23.0. The summed E-state index contributed by atoms with van der Waals surface area (Å²) in [7, 11) is 0. The Kier molecular flexibility index (Phi) is 9.47. The number of halogens is 2. The molecule has 0 aromatic heterocycles. The van der Waals surface area contributed by atoms with E-state index in [0.29, 0.717) is 29.0 Å². The quantitative estimate of drug-likeness (QED) is 0.386. The number of aliphatic hydroxyl groups excluding tert-OH is 1. The van der Waals surface area contributed by atoms with Crippen LogP contribution in [0.3, 0.4) is 0 Å². The Morgan fingerprint density at radius 3 is 2.32 bits per heavy atom. The Labute approximate surface area is 205 Å². The van der Waals surface area contributed by atoms with Crippen molar-refractivity contribution in [3.63, 3.8) is 0 Å². The summed E-state index contributed by atoms with van der Waals surface area (Å²) in [5.41, 5.74) is -0.293. The van der Waals surface area contributed by atoms with Gasteiger partial charge in [-0.3, -0.25) is 4.79 Å². The molecule has 0 heterocycles. The Morgan fingerprint density at radius 1 is 1.15 bits per heavy atom. The van der Waals surface area contributed by atoms with Crippen LogP contribution in [0, 0.1) is 11.2 Å². The third-order valence-corrected chi connectivity index (χ3v) is 5.75. The van der Waals surface area contributed by atoms with Crippen molar-refractivity contribution in [1.82, 2.24) is 5.32 Å². The van der Waals surface area contributed by atoms with Crippen molar-refractivity contribution in [2.24, 2.45) is 5.41 Å². The molecule has 8 heteroatoms.